The summed E-state index contributed by atoms with van der Waals surface area (Å²) in [4.78, 5) is 11.6. The number of benzene rings is 1. The fraction of sp³-hybridized carbons (Fsp3) is 0.412. The Labute approximate surface area is 156 Å². The molecule has 3 N–H and O–H groups in total. The fourth-order valence-electron chi connectivity index (χ4n) is 2.55. The molecule has 144 valence electrons. The van der Waals surface area contributed by atoms with E-state index in [1.54, 1.807) is 26.0 Å². The van der Waals surface area contributed by atoms with Gasteiger partial charge in [0.1, 0.15) is 0 Å². The Morgan fingerprint density at radius 3 is 2.50 bits per heavy atom. The monoisotopic (exact) mass is 390 g/mol. The van der Waals surface area contributed by atoms with Crippen LogP contribution < -0.4 is 11.1 Å². The van der Waals surface area contributed by atoms with Crippen LogP contribution in [0.15, 0.2) is 24.3 Å². The van der Waals surface area contributed by atoms with Gasteiger partial charge in [-0.05, 0) is 50.6 Å². The molecule has 1 aromatic carbocycles. The summed E-state index contributed by atoms with van der Waals surface area (Å²) in [6, 6.07) is 5.79. The zero-order valence-electron chi connectivity index (χ0n) is 14.6. The standard InChI is InChI=1S/C17H21F3N4O.ClH/c1-11-8-12(2)24(23-11)14-6-5-13(15(9-14)17(18,19)20)10-22-16(25)4-3-7-21;/h5-6,8-9H,3-4,7,10,21H2,1-2H3,(H,22,25);1H. The SMILES string of the molecule is Cc1cc(C)n(-c2ccc(CNC(=O)CCCN)c(C(F)(F)F)c2)n1.Cl. The van der Waals surface area contributed by atoms with Crippen molar-refractivity contribution in [3.63, 3.8) is 0 Å². The minimum absolute atomic E-state index is 0. The lowest BCUT2D eigenvalue weighted by Gasteiger charge is -2.16. The highest BCUT2D eigenvalue weighted by Crippen LogP contribution is 2.33. The van der Waals surface area contributed by atoms with Gasteiger partial charge in [-0.1, -0.05) is 6.07 Å². The summed E-state index contributed by atoms with van der Waals surface area (Å²) in [5.41, 5.74) is 6.34. The molecule has 0 bridgehead atoms. The third kappa shape index (κ3) is 5.47. The Balaban J connectivity index is 0.00000338. The highest BCUT2D eigenvalue weighted by Gasteiger charge is 2.33. The number of hydrogen-bond acceptors (Lipinski definition) is 3. The number of carbonyl (C=O) groups is 1. The van der Waals surface area contributed by atoms with Crippen molar-refractivity contribution >= 4 is 18.3 Å². The van der Waals surface area contributed by atoms with Gasteiger partial charge in [0, 0.05) is 18.7 Å². The Bertz CT molecular complexity index is 759. The van der Waals surface area contributed by atoms with Gasteiger partial charge < -0.3 is 11.1 Å². The first-order valence-electron chi connectivity index (χ1n) is 7.93. The average Bonchev–Trinajstić information content (AvgIpc) is 2.88. The largest absolute Gasteiger partial charge is 0.416 e. The minimum atomic E-state index is -4.52. The van der Waals surface area contributed by atoms with Gasteiger partial charge in [-0.3, -0.25) is 4.79 Å². The van der Waals surface area contributed by atoms with Crippen molar-refractivity contribution in [1.82, 2.24) is 15.1 Å². The quantitative estimate of drug-likeness (QED) is 0.795. The third-order valence-electron chi connectivity index (χ3n) is 3.74. The zero-order valence-corrected chi connectivity index (χ0v) is 15.4. The molecule has 0 saturated heterocycles. The molecule has 0 unspecified atom stereocenters. The van der Waals surface area contributed by atoms with Crippen molar-refractivity contribution in [2.75, 3.05) is 6.54 Å². The normalized spacial score (nSPS) is 11.2. The first-order valence-corrected chi connectivity index (χ1v) is 7.93. The van der Waals surface area contributed by atoms with Crippen LogP contribution in [0, 0.1) is 13.8 Å². The summed E-state index contributed by atoms with van der Waals surface area (Å²) in [6.07, 6.45) is -3.83. The van der Waals surface area contributed by atoms with Gasteiger partial charge in [-0.25, -0.2) is 4.68 Å². The number of nitrogens with zero attached hydrogens (tertiary/aromatic N) is 2. The number of aryl methyl sites for hydroxylation is 2. The number of aromatic nitrogens is 2. The lowest BCUT2D eigenvalue weighted by molar-refractivity contribution is -0.138. The highest BCUT2D eigenvalue weighted by atomic mass is 35.5. The first-order chi connectivity index (χ1) is 11.7. The summed E-state index contributed by atoms with van der Waals surface area (Å²) in [5.74, 6) is -0.318. The maximum absolute atomic E-state index is 13.4. The van der Waals surface area contributed by atoms with Crippen LogP contribution in [0.25, 0.3) is 5.69 Å². The molecule has 1 amide bonds. The van der Waals surface area contributed by atoms with Gasteiger partial charge in [0.05, 0.1) is 16.9 Å². The van der Waals surface area contributed by atoms with Crippen LogP contribution in [0.5, 0.6) is 0 Å². The van der Waals surface area contributed by atoms with E-state index in [0.29, 0.717) is 18.7 Å². The number of hydrogen-bond donors (Lipinski definition) is 2. The van der Waals surface area contributed by atoms with E-state index in [-0.39, 0.29) is 36.8 Å². The van der Waals surface area contributed by atoms with Crippen molar-refractivity contribution < 1.29 is 18.0 Å². The number of carbonyl (C=O) groups excluding carboxylic acids is 1. The van der Waals surface area contributed by atoms with E-state index in [4.69, 9.17) is 5.73 Å². The van der Waals surface area contributed by atoms with Gasteiger partial charge in [0.25, 0.3) is 0 Å². The van der Waals surface area contributed by atoms with Gasteiger partial charge in [-0.15, -0.1) is 12.4 Å². The summed E-state index contributed by atoms with van der Waals surface area (Å²) in [5, 5.41) is 6.71. The summed E-state index contributed by atoms with van der Waals surface area (Å²) < 4.78 is 41.7. The lowest BCUT2D eigenvalue weighted by atomic mass is 10.1. The van der Waals surface area contributed by atoms with Gasteiger partial charge in [0.2, 0.25) is 5.91 Å². The van der Waals surface area contributed by atoms with E-state index in [2.05, 4.69) is 10.4 Å². The number of rotatable bonds is 6. The van der Waals surface area contributed by atoms with E-state index in [9.17, 15) is 18.0 Å². The van der Waals surface area contributed by atoms with E-state index < -0.39 is 11.7 Å². The van der Waals surface area contributed by atoms with Gasteiger partial charge >= 0.3 is 6.18 Å². The molecule has 2 rings (SSSR count). The van der Waals surface area contributed by atoms with E-state index in [1.807, 2.05) is 0 Å². The zero-order chi connectivity index (χ0) is 18.6. The van der Waals surface area contributed by atoms with Crippen LogP contribution in [-0.4, -0.2) is 22.2 Å². The van der Waals surface area contributed by atoms with Crippen LogP contribution in [0.3, 0.4) is 0 Å². The van der Waals surface area contributed by atoms with Crippen LogP contribution in [0.2, 0.25) is 0 Å². The molecule has 0 aliphatic carbocycles. The van der Waals surface area contributed by atoms with Crippen molar-refractivity contribution in [1.29, 1.82) is 0 Å². The van der Waals surface area contributed by atoms with Crippen LogP contribution in [-0.2, 0) is 17.5 Å². The molecule has 0 spiro atoms. The Hall–Kier alpha value is -2.06. The average molecular weight is 391 g/mol. The number of nitrogens with one attached hydrogen (secondary N) is 1. The topological polar surface area (TPSA) is 72.9 Å². The molecule has 0 fully saturated rings. The van der Waals surface area contributed by atoms with E-state index in [0.717, 1.165) is 17.5 Å². The Morgan fingerprint density at radius 1 is 1.27 bits per heavy atom. The second-order valence-corrected chi connectivity index (χ2v) is 5.85. The van der Waals surface area contributed by atoms with E-state index >= 15 is 0 Å². The molecule has 1 aromatic heterocycles. The molecule has 0 atom stereocenters. The lowest BCUT2D eigenvalue weighted by Crippen LogP contribution is -2.25. The molecule has 26 heavy (non-hydrogen) atoms. The van der Waals surface area contributed by atoms with Gasteiger partial charge in [-0.2, -0.15) is 18.3 Å². The Kier molecular flexibility index (Phi) is 7.65. The van der Waals surface area contributed by atoms with Crippen LogP contribution in [0.4, 0.5) is 13.2 Å². The molecule has 0 saturated carbocycles. The molecule has 2 aromatic rings. The molecule has 0 aliphatic rings. The molecule has 0 aliphatic heterocycles. The van der Waals surface area contributed by atoms with Crippen molar-refractivity contribution in [2.45, 2.75) is 39.4 Å². The fourth-order valence-corrected chi connectivity index (χ4v) is 2.55. The minimum Gasteiger partial charge on any atom is -0.352 e. The summed E-state index contributed by atoms with van der Waals surface area (Å²) in [6.45, 7) is 3.73. The maximum Gasteiger partial charge on any atom is 0.416 e. The molecule has 9 heteroatoms. The molecule has 5 nitrogen and oxygen atoms in total. The smallest absolute Gasteiger partial charge is 0.352 e. The van der Waals surface area contributed by atoms with Crippen molar-refractivity contribution in [2.24, 2.45) is 5.73 Å². The highest BCUT2D eigenvalue weighted by molar-refractivity contribution is 5.85. The predicted molar refractivity (Wildman–Crippen MR) is 95.4 cm³/mol. The number of alkyl halides is 3. The number of amides is 1. The molecular weight excluding hydrogens is 369 g/mol. The second kappa shape index (κ2) is 9.05. The Morgan fingerprint density at radius 2 is 1.96 bits per heavy atom. The molecule has 0 radical (unpaired) electrons. The third-order valence-corrected chi connectivity index (χ3v) is 3.74. The number of halogens is 4. The van der Waals surface area contributed by atoms with E-state index in [1.165, 1.54) is 10.7 Å². The maximum atomic E-state index is 13.4. The van der Waals surface area contributed by atoms with Crippen LogP contribution in [0.1, 0.15) is 35.4 Å². The predicted octanol–water partition coefficient (Wildman–Crippen LogP) is 3.28. The number of nitrogens with two attached hydrogens (primary N) is 1. The summed E-state index contributed by atoms with van der Waals surface area (Å²) in [7, 11) is 0. The van der Waals surface area contributed by atoms with Crippen LogP contribution >= 0.6 is 12.4 Å². The van der Waals surface area contributed by atoms with Crippen molar-refractivity contribution in [3.05, 3.63) is 46.8 Å². The molecular formula is C17H22ClF3N4O. The first kappa shape index (κ1) is 22.0. The summed E-state index contributed by atoms with van der Waals surface area (Å²) >= 11 is 0. The van der Waals surface area contributed by atoms with Crippen molar-refractivity contribution in [3.8, 4) is 5.69 Å². The molecule has 1 heterocycles. The second-order valence-electron chi connectivity index (χ2n) is 5.85. The van der Waals surface area contributed by atoms with Gasteiger partial charge in [0.15, 0.2) is 0 Å².